The highest BCUT2D eigenvalue weighted by molar-refractivity contribution is 6.31. The van der Waals surface area contributed by atoms with Crippen LogP contribution < -0.4 is 0 Å². The molecule has 0 saturated carbocycles. The lowest BCUT2D eigenvalue weighted by molar-refractivity contribution is -0.142. The topological polar surface area (TPSA) is 41.4 Å². The Morgan fingerprint density at radius 3 is 2.47 bits per heavy atom. The van der Waals surface area contributed by atoms with Crippen LogP contribution >= 0.6 is 11.6 Å². The van der Waals surface area contributed by atoms with E-state index in [0.29, 0.717) is 62.7 Å². The number of piperazine rings is 1. The van der Waals surface area contributed by atoms with Gasteiger partial charge in [0.2, 0.25) is 5.91 Å². The van der Waals surface area contributed by atoms with E-state index in [1.807, 2.05) is 0 Å². The number of halogens is 5. The lowest BCUT2D eigenvalue weighted by Gasteiger charge is -2.35. The van der Waals surface area contributed by atoms with Gasteiger partial charge in [0.15, 0.2) is 5.69 Å². The fraction of sp³-hybridized carbons (Fsp3) is 0.545. The number of amides is 1. The molecule has 0 spiro atoms. The van der Waals surface area contributed by atoms with Gasteiger partial charge in [0.1, 0.15) is 12.4 Å². The van der Waals surface area contributed by atoms with Gasteiger partial charge in [0.05, 0.1) is 0 Å². The monoisotopic (exact) mass is 472 g/mol. The lowest BCUT2D eigenvalue weighted by Crippen LogP contribution is -2.49. The molecule has 1 aliphatic heterocycles. The second-order valence-electron chi connectivity index (χ2n) is 8.38. The number of carbonyl (C=O) groups excluding carboxylic acids is 1. The zero-order chi connectivity index (χ0) is 22.9. The van der Waals surface area contributed by atoms with E-state index in [4.69, 9.17) is 11.6 Å². The van der Waals surface area contributed by atoms with Gasteiger partial charge in [0, 0.05) is 49.0 Å². The molecule has 4 rings (SSSR count). The highest BCUT2D eigenvalue weighted by atomic mass is 35.5. The largest absolute Gasteiger partial charge is 0.435 e. The molecule has 1 amide bonds. The first-order valence-electron chi connectivity index (χ1n) is 10.8. The van der Waals surface area contributed by atoms with Crippen molar-refractivity contribution in [2.75, 3.05) is 26.2 Å². The smallest absolute Gasteiger partial charge is 0.339 e. The highest BCUT2D eigenvalue weighted by Crippen LogP contribution is 2.35. The Morgan fingerprint density at radius 2 is 1.78 bits per heavy atom. The van der Waals surface area contributed by atoms with E-state index in [1.165, 1.54) is 16.8 Å². The molecule has 174 valence electrons. The third-order valence-corrected chi connectivity index (χ3v) is 6.55. The number of aromatic nitrogens is 2. The Hall–Kier alpha value is -2.13. The zero-order valence-electron chi connectivity index (χ0n) is 17.6. The van der Waals surface area contributed by atoms with Crippen molar-refractivity contribution in [2.24, 2.45) is 0 Å². The number of hydrogen-bond donors (Lipinski definition) is 0. The van der Waals surface area contributed by atoms with Gasteiger partial charge >= 0.3 is 6.18 Å². The Kier molecular flexibility index (Phi) is 6.76. The lowest BCUT2D eigenvalue weighted by atomic mass is 10.1. The number of fused-ring (bicyclic) bond motifs is 1. The summed E-state index contributed by atoms with van der Waals surface area (Å²) in [4.78, 5) is 16.6. The van der Waals surface area contributed by atoms with E-state index in [-0.39, 0.29) is 23.8 Å². The van der Waals surface area contributed by atoms with Crippen LogP contribution in [0.3, 0.4) is 0 Å². The number of benzene rings is 1. The number of carbonyl (C=O) groups is 1. The van der Waals surface area contributed by atoms with Gasteiger partial charge in [-0.3, -0.25) is 14.4 Å². The van der Waals surface area contributed by atoms with Crippen LogP contribution in [0, 0.1) is 5.82 Å². The van der Waals surface area contributed by atoms with Crippen LogP contribution in [0.5, 0.6) is 0 Å². The van der Waals surface area contributed by atoms with Gasteiger partial charge in [0.25, 0.3) is 0 Å². The van der Waals surface area contributed by atoms with Crippen molar-refractivity contribution in [3.05, 3.63) is 51.6 Å². The maximum atomic E-state index is 13.5. The van der Waals surface area contributed by atoms with Crippen LogP contribution in [0.15, 0.2) is 18.2 Å². The molecule has 0 N–H and O–H groups in total. The maximum Gasteiger partial charge on any atom is 0.435 e. The molecule has 32 heavy (non-hydrogen) atoms. The Morgan fingerprint density at radius 1 is 1.06 bits per heavy atom. The first-order valence-corrected chi connectivity index (χ1v) is 11.2. The Bertz CT molecular complexity index is 983. The first-order chi connectivity index (χ1) is 15.2. The fourth-order valence-corrected chi connectivity index (χ4v) is 4.71. The number of rotatable bonds is 4. The molecule has 2 heterocycles. The maximum absolute atomic E-state index is 13.5. The summed E-state index contributed by atoms with van der Waals surface area (Å²) >= 11 is 6.10. The van der Waals surface area contributed by atoms with Crippen molar-refractivity contribution in [2.45, 2.75) is 51.4 Å². The number of hydrogen-bond acceptors (Lipinski definition) is 3. The highest BCUT2D eigenvalue weighted by Gasteiger charge is 2.39. The number of nitrogens with zero attached hydrogens (tertiary/aromatic N) is 4. The number of alkyl halides is 3. The predicted molar refractivity (Wildman–Crippen MR) is 112 cm³/mol. The summed E-state index contributed by atoms with van der Waals surface area (Å²) in [5.41, 5.74) is 0.770. The van der Waals surface area contributed by atoms with Gasteiger partial charge in [-0.05, 0) is 43.4 Å². The average Bonchev–Trinajstić information content (AvgIpc) is 2.92. The minimum atomic E-state index is -4.52. The van der Waals surface area contributed by atoms with Crippen molar-refractivity contribution in [3.8, 4) is 0 Å². The third kappa shape index (κ3) is 5.09. The molecule has 0 bridgehead atoms. The molecule has 2 aliphatic rings. The van der Waals surface area contributed by atoms with Gasteiger partial charge < -0.3 is 4.90 Å². The molecule has 10 heteroatoms. The normalized spacial score (nSPS) is 17.8. The van der Waals surface area contributed by atoms with E-state index in [1.54, 1.807) is 11.0 Å². The van der Waals surface area contributed by atoms with E-state index in [0.717, 1.165) is 18.4 Å². The summed E-state index contributed by atoms with van der Waals surface area (Å²) < 4.78 is 54.9. The fourth-order valence-electron chi connectivity index (χ4n) is 4.48. The molecule has 0 unspecified atom stereocenters. The first kappa shape index (κ1) is 23.0. The van der Waals surface area contributed by atoms with Crippen LogP contribution in [0.4, 0.5) is 17.6 Å². The van der Waals surface area contributed by atoms with Crippen LogP contribution in [0.2, 0.25) is 5.02 Å². The average molecular weight is 473 g/mol. The summed E-state index contributed by atoms with van der Waals surface area (Å²) in [5.74, 6) is -0.618. The molecule has 1 saturated heterocycles. The molecule has 1 aromatic heterocycles. The summed E-state index contributed by atoms with van der Waals surface area (Å²) in [5, 5.41) is 4.18. The van der Waals surface area contributed by atoms with Gasteiger partial charge in [-0.2, -0.15) is 18.3 Å². The van der Waals surface area contributed by atoms with Crippen molar-refractivity contribution < 1.29 is 22.4 Å². The molecule has 0 radical (unpaired) electrons. The second kappa shape index (κ2) is 9.39. The molecule has 0 atom stereocenters. The van der Waals surface area contributed by atoms with Crippen LogP contribution in [-0.4, -0.2) is 51.7 Å². The Balaban J connectivity index is 1.39. The molecule has 1 aromatic carbocycles. The quantitative estimate of drug-likeness (QED) is 0.492. The minimum absolute atomic E-state index is 0.178. The van der Waals surface area contributed by atoms with Gasteiger partial charge in [-0.15, -0.1) is 0 Å². The van der Waals surface area contributed by atoms with E-state index >= 15 is 0 Å². The summed E-state index contributed by atoms with van der Waals surface area (Å²) in [6.07, 6.45) is -1.28. The van der Waals surface area contributed by atoms with Crippen molar-refractivity contribution >= 4 is 17.5 Å². The van der Waals surface area contributed by atoms with Gasteiger partial charge in [-0.1, -0.05) is 24.1 Å². The third-order valence-electron chi connectivity index (χ3n) is 6.19. The van der Waals surface area contributed by atoms with Crippen LogP contribution in [-0.2, 0) is 36.9 Å². The predicted octanol–water partition coefficient (Wildman–Crippen LogP) is 4.31. The SMILES string of the molecule is O=C(Cn1nc(C(F)(F)F)c2c1CCCCC2)N1CCN(Cc2ccc(F)cc2Cl)CC1. The molecular formula is C22H25ClF4N4O. The molecule has 5 nitrogen and oxygen atoms in total. The van der Waals surface area contributed by atoms with E-state index in [9.17, 15) is 22.4 Å². The van der Waals surface area contributed by atoms with Crippen molar-refractivity contribution in [1.82, 2.24) is 19.6 Å². The standard InChI is InChI=1S/C22H25ClF4N4O/c23-18-12-16(24)7-6-15(18)13-29-8-10-30(11-9-29)20(32)14-31-19-5-3-1-2-4-17(19)21(28-31)22(25,26)27/h6-7,12H,1-5,8-11,13-14H2. The van der Waals surface area contributed by atoms with Crippen molar-refractivity contribution in [1.29, 1.82) is 0 Å². The minimum Gasteiger partial charge on any atom is -0.339 e. The van der Waals surface area contributed by atoms with Crippen LogP contribution in [0.1, 0.15) is 41.8 Å². The van der Waals surface area contributed by atoms with Crippen LogP contribution in [0.25, 0.3) is 0 Å². The summed E-state index contributed by atoms with van der Waals surface area (Å²) in [6.45, 7) is 2.50. The Labute approximate surface area is 188 Å². The summed E-state index contributed by atoms with van der Waals surface area (Å²) in [6, 6.07) is 4.29. The molecule has 2 aromatic rings. The molecular weight excluding hydrogens is 448 g/mol. The molecule has 1 aliphatic carbocycles. The zero-order valence-corrected chi connectivity index (χ0v) is 18.4. The van der Waals surface area contributed by atoms with E-state index in [2.05, 4.69) is 10.00 Å². The van der Waals surface area contributed by atoms with Crippen molar-refractivity contribution in [3.63, 3.8) is 0 Å². The summed E-state index contributed by atoms with van der Waals surface area (Å²) in [7, 11) is 0. The molecule has 1 fully saturated rings. The van der Waals surface area contributed by atoms with E-state index < -0.39 is 11.9 Å². The van der Waals surface area contributed by atoms with Gasteiger partial charge in [-0.25, -0.2) is 4.39 Å². The second-order valence-corrected chi connectivity index (χ2v) is 8.79.